The van der Waals surface area contributed by atoms with E-state index in [0.717, 1.165) is 27.9 Å². The number of carbonyl (C=O) groups excluding carboxylic acids is 1. The first-order chi connectivity index (χ1) is 10.2. The third-order valence-electron chi connectivity index (χ3n) is 3.33. The topological polar surface area (TPSA) is 26.3 Å². The molecule has 0 saturated heterocycles. The number of thioether (sulfide) groups is 1. The second kappa shape index (κ2) is 7.14. The Hall–Kier alpha value is -2.00. The lowest BCUT2D eigenvalue weighted by Gasteiger charge is -2.16. The van der Waals surface area contributed by atoms with Crippen LogP contribution in [0.2, 0.25) is 0 Å². The second-order valence-corrected chi connectivity index (χ2v) is 5.45. The average Bonchev–Trinajstić information content (AvgIpc) is 2.53. The molecule has 2 rings (SSSR count). The molecule has 0 bridgehead atoms. The lowest BCUT2D eigenvalue weighted by molar-refractivity contribution is 0.112. The molecule has 0 aliphatic carbocycles. The molecule has 3 heteroatoms. The molecule has 0 atom stereocenters. The van der Waals surface area contributed by atoms with Crippen LogP contribution in [0.25, 0.3) is 6.08 Å². The molecular weight excluding hydrogens is 280 g/mol. The van der Waals surface area contributed by atoms with Crippen LogP contribution in [-0.4, -0.2) is 12.5 Å². The van der Waals surface area contributed by atoms with Crippen molar-refractivity contribution in [3.63, 3.8) is 0 Å². The minimum Gasteiger partial charge on any atom is -0.488 e. The summed E-state index contributed by atoms with van der Waals surface area (Å²) in [5, 5.41) is 0. The minimum absolute atomic E-state index is 0.470. The zero-order valence-electron chi connectivity index (χ0n) is 12.3. The summed E-state index contributed by atoms with van der Waals surface area (Å²) in [5.74, 6) is 0.700. The van der Waals surface area contributed by atoms with E-state index in [9.17, 15) is 4.79 Å². The average molecular weight is 298 g/mol. The number of ether oxygens (including phenoxy) is 1. The molecule has 0 aliphatic heterocycles. The highest BCUT2D eigenvalue weighted by Gasteiger charge is 2.13. The number of hydrogen-bond acceptors (Lipinski definition) is 3. The summed E-state index contributed by atoms with van der Waals surface area (Å²) in [6.45, 7) is 6.32. The van der Waals surface area contributed by atoms with E-state index in [0.29, 0.717) is 17.9 Å². The number of rotatable bonds is 6. The fourth-order valence-corrected chi connectivity index (χ4v) is 3.03. The van der Waals surface area contributed by atoms with Crippen molar-refractivity contribution in [3.8, 4) is 5.75 Å². The summed E-state index contributed by atoms with van der Waals surface area (Å²) in [6.07, 6.45) is 4.62. The van der Waals surface area contributed by atoms with Crippen molar-refractivity contribution in [2.24, 2.45) is 0 Å². The Morgan fingerprint density at radius 1 is 1.29 bits per heavy atom. The maximum absolute atomic E-state index is 11.3. The predicted molar refractivity (Wildman–Crippen MR) is 89.2 cm³/mol. The van der Waals surface area contributed by atoms with E-state index >= 15 is 0 Å². The van der Waals surface area contributed by atoms with Crippen molar-refractivity contribution in [3.05, 3.63) is 65.2 Å². The van der Waals surface area contributed by atoms with Gasteiger partial charge in [-0.2, -0.15) is 0 Å². The van der Waals surface area contributed by atoms with Gasteiger partial charge in [-0.25, -0.2) is 0 Å². The van der Waals surface area contributed by atoms with Gasteiger partial charge >= 0.3 is 0 Å². The molecule has 2 nitrogen and oxygen atoms in total. The smallest absolute Gasteiger partial charge is 0.151 e. The molecule has 0 aliphatic rings. The number of carbonyl (C=O) groups is 1. The Bertz CT molecular complexity index is 648. The summed E-state index contributed by atoms with van der Waals surface area (Å²) < 4.78 is 5.90. The number of benzene rings is 2. The van der Waals surface area contributed by atoms with Gasteiger partial charge in [0.25, 0.3) is 0 Å². The van der Waals surface area contributed by atoms with Gasteiger partial charge in [-0.15, -0.1) is 11.8 Å². The molecular formula is C18H18O2S. The van der Waals surface area contributed by atoms with E-state index in [1.807, 2.05) is 43.5 Å². The van der Waals surface area contributed by atoms with Crippen LogP contribution in [0, 0.1) is 6.92 Å². The van der Waals surface area contributed by atoms with Crippen LogP contribution in [0.4, 0.5) is 0 Å². The maximum atomic E-state index is 11.3. The number of hydrogen-bond donors (Lipinski definition) is 0. The second-order valence-electron chi connectivity index (χ2n) is 4.63. The molecule has 0 heterocycles. The Labute approximate surface area is 129 Å². The fourth-order valence-electron chi connectivity index (χ4n) is 2.28. The van der Waals surface area contributed by atoms with Gasteiger partial charge in [0, 0.05) is 16.0 Å². The predicted octanol–water partition coefficient (Wildman–Crippen LogP) is 4.75. The first-order valence-corrected chi connectivity index (χ1v) is 7.89. The highest BCUT2D eigenvalue weighted by molar-refractivity contribution is 7.98. The number of aldehydes is 1. The first-order valence-electron chi connectivity index (χ1n) is 6.67. The first kappa shape index (κ1) is 15.4. The van der Waals surface area contributed by atoms with Crippen LogP contribution in [-0.2, 0) is 6.61 Å². The molecule has 108 valence electrons. The fraction of sp³-hybridized carbons (Fsp3) is 0.167. The van der Waals surface area contributed by atoms with Gasteiger partial charge in [0.2, 0.25) is 0 Å². The van der Waals surface area contributed by atoms with Crippen LogP contribution in [0.1, 0.15) is 27.0 Å². The normalized spacial score (nSPS) is 10.2. The molecule has 0 radical (unpaired) electrons. The summed E-state index contributed by atoms with van der Waals surface area (Å²) >= 11 is 1.56. The van der Waals surface area contributed by atoms with E-state index < -0.39 is 0 Å². The lowest BCUT2D eigenvalue weighted by atomic mass is 10.0. The van der Waals surface area contributed by atoms with Crippen molar-refractivity contribution in [2.75, 3.05) is 6.26 Å². The monoisotopic (exact) mass is 298 g/mol. The zero-order chi connectivity index (χ0) is 15.2. The van der Waals surface area contributed by atoms with Gasteiger partial charge < -0.3 is 4.74 Å². The molecule has 0 saturated carbocycles. The molecule has 0 unspecified atom stereocenters. The van der Waals surface area contributed by atoms with E-state index in [1.165, 1.54) is 0 Å². The summed E-state index contributed by atoms with van der Waals surface area (Å²) in [7, 11) is 0. The maximum Gasteiger partial charge on any atom is 0.151 e. The third kappa shape index (κ3) is 3.37. The Kier molecular flexibility index (Phi) is 5.23. The Balaban J connectivity index is 2.36. The molecule has 2 aromatic carbocycles. The molecule has 21 heavy (non-hydrogen) atoms. The summed E-state index contributed by atoms with van der Waals surface area (Å²) in [6, 6.07) is 11.7. The van der Waals surface area contributed by atoms with E-state index in [2.05, 4.69) is 6.58 Å². The van der Waals surface area contributed by atoms with Crippen LogP contribution in [0.15, 0.2) is 47.9 Å². The molecule has 2 aromatic rings. The van der Waals surface area contributed by atoms with Crippen molar-refractivity contribution >= 4 is 24.1 Å². The van der Waals surface area contributed by atoms with Crippen molar-refractivity contribution in [1.29, 1.82) is 0 Å². The van der Waals surface area contributed by atoms with Gasteiger partial charge in [-0.3, -0.25) is 4.79 Å². The Morgan fingerprint density at radius 3 is 2.57 bits per heavy atom. The lowest BCUT2D eigenvalue weighted by Crippen LogP contribution is -2.01. The quantitative estimate of drug-likeness (QED) is 0.568. The highest BCUT2D eigenvalue weighted by atomic mass is 32.2. The summed E-state index contributed by atoms with van der Waals surface area (Å²) in [5.41, 5.74) is 3.73. The van der Waals surface area contributed by atoms with E-state index in [4.69, 9.17) is 4.74 Å². The van der Waals surface area contributed by atoms with Gasteiger partial charge in [0.15, 0.2) is 6.29 Å². The molecule has 0 amide bonds. The van der Waals surface area contributed by atoms with Crippen molar-refractivity contribution in [1.82, 2.24) is 0 Å². The van der Waals surface area contributed by atoms with Gasteiger partial charge in [0.05, 0.1) is 0 Å². The molecule has 0 aromatic heterocycles. The van der Waals surface area contributed by atoms with Crippen LogP contribution >= 0.6 is 11.8 Å². The molecule has 0 spiro atoms. The standard InChI is InChI=1S/C18H18O2S/c1-4-16-13(2)18(21-3)15(11-19)10-17(16)20-12-14-8-6-5-7-9-14/h4-11H,1,12H2,2-3H3. The van der Waals surface area contributed by atoms with Crippen molar-refractivity contribution < 1.29 is 9.53 Å². The molecule has 0 N–H and O–H groups in total. The van der Waals surface area contributed by atoms with Crippen LogP contribution in [0.5, 0.6) is 5.75 Å². The van der Waals surface area contributed by atoms with Gasteiger partial charge in [0.1, 0.15) is 12.4 Å². The third-order valence-corrected chi connectivity index (χ3v) is 4.28. The zero-order valence-corrected chi connectivity index (χ0v) is 13.1. The van der Waals surface area contributed by atoms with Gasteiger partial charge in [-0.05, 0) is 30.4 Å². The van der Waals surface area contributed by atoms with E-state index in [-0.39, 0.29) is 0 Å². The Morgan fingerprint density at radius 2 is 2.00 bits per heavy atom. The van der Waals surface area contributed by atoms with Gasteiger partial charge in [-0.1, -0.05) is 43.0 Å². The largest absolute Gasteiger partial charge is 0.488 e. The van der Waals surface area contributed by atoms with E-state index in [1.54, 1.807) is 23.9 Å². The van der Waals surface area contributed by atoms with Crippen LogP contribution < -0.4 is 4.74 Å². The van der Waals surface area contributed by atoms with Crippen LogP contribution in [0.3, 0.4) is 0 Å². The van der Waals surface area contributed by atoms with Crippen molar-refractivity contribution in [2.45, 2.75) is 18.4 Å². The highest BCUT2D eigenvalue weighted by Crippen LogP contribution is 2.34. The molecule has 0 fully saturated rings. The SMILES string of the molecule is C=Cc1c(OCc2ccccc2)cc(C=O)c(SC)c1C. The summed E-state index contributed by atoms with van der Waals surface area (Å²) in [4.78, 5) is 12.2. The minimum atomic E-state index is 0.470.